The van der Waals surface area contributed by atoms with Gasteiger partial charge in [-0.3, -0.25) is 0 Å². The fourth-order valence-corrected chi connectivity index (χ4v) is 2.01. The van der Waals surface area contributed by atoms with E-state index in [1.807, 2.05) is 49.4 Å². The van der Waals surface area contributed by atoms with Gasteiger partial charge in [0.1, 0.15) is 18.1 Å². The minimum atomic E-state index is -0.541. The molecule has 2 rings (SSSR count). The normalized spacial score (nSPS) is 12.0. The Kier molecular flexibility index (Phi) is 4.64. The molecule has 3 nitrogen and oxygen atoms in total. The van der Waals surface area contributed by atoms with Crippen LogP contribution in [0.3, 0.4) is 0 Å². The Bertz CT molecular complexity index is 559. The van der Waals surface area contributed by atoms with Crippen molar-refractivity contribution in [1.29, 1.82) is 0 Å². The summed E-state index contributed by atoms with van der Waals surface area (Å²) in [6, 6.07) is 13.6. The molecule has 0 spiro atoms. The monoisotopic (exact) mass is 272 g/mol. The van der Waals surface area contributed by atoms with Crippen LogP contribution in [0.5, 0.6) is 11.5 Å². The van der Waals surface area contributed by atoms with Crippen LogP contribution in [0.1, 0.15) is 29.7 Å². The summed E-state index contributed by atoms with van der Waals surface area (Å²) < 4.78 is 10.9. The first kappa shape index (κ1) is 14.4. The quantitative estimate of drug-likeness (QED) is 0.903. The minimum Gasteiger partial charge on any atom is -0.497 e. The predicted molar refractivity (Wildman–Crippen MR) is 79.1 cm³/mol. The van der Waals surface area contributed by atoms with Gasteiger partial charge in [0.2, 0.25) is 0 Å². The number of methoxy groups -OCH3 is 1. The minimum absolute atomic E-state index is 0.465. The van der Waals surface area contributed by atoms with Gasteiger partial charge in [0.05, 0.1) is 13.2 Å². The molecule has 3 heteroatoms. The summed E-state index contributed by atoms with van der Waals surface area (Å²) in [4.78, 5) is 0. The Balaban J connectivity index is 2.10. The Morgan fingerprint density at radius 3 is 2.40 bits per heavy atom. The van der Waals surface area contributed by atoms with Crippen molar-refractivity contribution in [3.8, 4) is 11.5 Å². The first-order chi connectivity index (χ1) is 9.60. The third kappa shape index (κ3) is 3.52. The van der Waals surface area contributed by atoms with E-state index in [1.54, 1.807) is 14.0 Å². The lowest BCUT2D eigenvalue weighted by atomic mass is 10.1. The zero-order valence-electron chi connectivity index (χ0n) is 12.1. The van der Waals surface area contributed by atoms with Crippen molar-refractivity contribution >= 4 is 0 Å². The highest BCUT2D eigenvalue weighted by Crippen LogP contribution is 2.27. The Morgan fingerprint density at radius 2 is 1.80 bits per heavy atom. The largest absolute Gasteiger partial charge is 0.497 e. The summed E-state index contributed by atoms with van der Waals surface area (Å²) in [5, 5.41) is 9.80. The van der Waals surface area contributed by atoms with E-state index < -0.39 is 6.10 Å². The molecule has 0 aliphatic rings. The van der Waals surface area contributed by atoms with E-state index in [2.05, 4.69) is 0 Å². The van der Waals surface area contributed by atoms with E-state index >= 15 is 0 Å². The van der Waals surface area contributed by atoms with E-state index in [0.717, 1.165) is 28.2 Å². The maximum absolute atomic E-state index is 9.80. The molecule has 20 heavy (non-hydrogen) atoms. The molecule has 2 aromatic rings. The molecule has 1 atom stereocenters. The number of ether oxygens (including phenoxy) is 2. The Labute approximate surface area is 119 Å². The number of aliphatic hydroxyl groups is 1. The average molecular weight is 272 g/mol. The molecule has 0 aliphatic carbocycles. The molecular formula is C17H20O3. The van der Waals surface area contributed by atoms with Gasteiger partial charge in [-0.1, -0.05) is 23.8 Å². The second kappa shape index (κ2) is 6.44. The summed E-state index contributed by atoms with van der Waals surface area (Å²) in [5.41, 5.74) is 2.99. The summed E-state index contributed by atoms with van der Waals surface area (Å²) in [6.45, 7) is 4.21. The molecule has 0 radical (unpaired) electrons. The van der Waals surface area contributed by atoms with Crippen LogP contribution in [0.25, 0.3) is 0 Å². The molecule has 0 aliphatic heterocycles. The highest BCUT2D eigenvalue weighted by Gasteiger charge is 2.09. The number of benzene rings is 2. The second-order valence-corrected chi connectivity index (χ2v) is 4.85. The van der Waals surface area contributed by atoms with Crippen molar-refractivity contribution in [1.82, 2.24) is 0 Å². The van der Waals surface area contributed by atoms with Crippen LogP contribution in [0.15, 0.2) is 42.5 Å². The van der Waals surface area contributed by atoms with Gasteiger partial charge in [0.15, 0.2) is 0 Å². The maximum atomic E-state index is 9.80. The molecular weight excluding hydrogens is 252 g/mol. The summed E-state index contributed by atoms with van der Waals surface area (Å²) >= 11 is 0. The summed E-state index contributed by atoms with van der Waals surface area (Å²) in [5.74, 6) is 1.55. The van der Waals surface area contributed by atoms with Crippen LogP contribution < -0.4 is 9.47 Å². The van der Waals surface area contributed by atoms with Crippen LogP contribution in [0.4, 0.5) is 0 Å². The van der Waals surface area contributed by atoms with Crippen LogP contribution in [-0.4, -0.2) is 12.2 Å². The topological polar surface area (TPSA) is 38.7 Å². The predicted octanol–water partition coefficient (Wildman–Crippen LogP) is 3.64. The lowest BCUT2D eigenvalue weighted by Gasteiger charge is -2.14. The number of rotatable bonds is 5. The highest BCUT2D eigenvalue weighted by atomic mass is 16.5. The number of aryl methyl sites for hydroxylation is 1. The smallest absolute Gasteiger partial charge is 0.125 e. The van der Waals surface area contributed by atoms with E-state index in [-0.39, 0.29) is 0 Å². The van der Waals surface area contributed by atoms with Crippen LogP contribution in [0, 0.1) is 6.92 Å². The van der Waals surface area contributed by atoms with Crippen LogP contribution >= 0.6 is 0 Å². The van der Waals surface area contributed by atoms with Gasteiger partial charge in [-0.15, -0.1) is 0 Å². The van der Waals surface area contributed by atoms with Gasteiger partial charge < -0.3 is 14.6 Å². The van der Waals surface area contributed by atoms with Crippen LogP contribution in [0.2, 0.25) is 0 Å². The van der Waals surface area contributed by atoms with E-state index in [1.165, 1.54) is 0 Å². The van der Waals surface area contributed by atoms with E-state index in [4.69, 9.17) is 9.47 Å². The maximum Gasteiger partial charge on any atom is 0.125 e. The van der Waals surface area contributed by atoms with E-state index in [0.29, 0.717) is 6.61 Å². The lowest BCUT2D eigenvalue weighted by molar-refractivity contribution is 0.190. The van der Waals surface area contributed by atoms with Crippen LogP contribution in [-0.2, 0) is 6.61 Å². The number of hydrogen-bond donors (Lipinski definition) is 1. The van der Waals surface area contributed by atoms with Crippen molar-refractivity contribution in [3.63, 3.8) is 0 Å². The molecule has 0 amide bonds. The Morgan fingerprint density at radius 1 is 1.10 bits per heavy atom. The SMILES string of the molecule is COc1ccc(COc2ccc(C)cc2[C@@H](C)O)cc1. The van der Waals surface area contributed by atoms with Gasteiger partial charge in [-0.25, -0.2) is 0 Å². The first-order valence-electron chi connectivity index (χ1n) is 6.64. The zero-order valence-corrected chi connectivity index (χ0v) is 12.1. The molecule has 0 heterocycles. The standard InChI is InChI=1S/C17H20O3/c1-12-4-9-17(16(10-12)13(2)18)20-11-14-5-7-15(19-3)8-6-14/h4-10,13,18H,11H2,1-3H3/t13-/m1/s1. The van der Waals surface area contributed by atoms with Crippen molar-refractivity contribution in [2.45, 2.75) is 26.6 Å². The zero-order chi connectivity index (χ0) is 14.5. The number of aliphatic hydroxyl groups excluding tert-OH is 1. The van der Waals surface area contributed by atoms with Gasteiger partial charge in [0.25, 0.3) is 0 Å². The number of hydrogen-bond acceptors (Lipinski definition) is 3. The average Bonchev–Trinajstić information content (AvgIpc) is 2.46. The fourth-order valence-electron chi connectivity index (χ4n) is 2.01. The Hall–Kier alpha value is -2.00. The third-order valence-electron chi connectivity index (χ3n) is 3.17. The molecule has 106 valence electrons. The molecule has 0 saturated heterocycles. The van der Waals surface area contributed by atoms with Gasteiger partial charge >= 0.3 is 0 Å². The molecule has 0 aromatic heterocycles. The van der Waals surface area contributed by atoms with Crippen molar-refractivity contribution in [2.24, 2.45) is 0 Å². The van der Waals surface area contributed by atoms with Gasteiger partial charge in [-0.05, 0) is 43.7 Å². The van der Waals surface area contributed by atoms with Crippen molar-refractivity contribution in [3.05, 3.63) is 59.2 Å². The van der Waals surface area contributed by atoms with Crippen molar-refractivity contribution < 1.29 is 14.6 Å². The fraction of sp³-hybridized carbons (Fsp3) is 0.294. The molecule has 0 fully saturated rings. The summed E-state index contributed by atoms with van der Waals surface area (Å²) in [7, 11) is 1.65. The molecule has 0 bridgehead atoms. The second-order valence-electron chi connectivity index (χ2n) is 4.85. The van der Waals surface area contributed by atoms with Gasteiger partial charge in [-0.2, -0.15) is 0 Å². The highest BCUT2D eigenvalue weighted by molar-refractivity contribution is 5.38. The molecule has 2 aromatic carbocycles. The third-order valence-corrected chi connectivity index (χ3v) is 3.17. The first-order valence-corrected chi connectivity index (χ1v) is 6.64. The van der Waals surface area contributed by atoms with Crippen molar-refractivity contribution in [2.75, 3.05) is 7.11 Å². The summed E-state index contributed by atoms with van der Waals surface area (Å²) in [6.07, 6.45) is -0.541. The molecule has 0 unspecified atom stereocenters. The lowest BCUT2D eigenvalue weighted by Crippen LogP contribution is -2.01. The molecule has 0 saturated carbocycles. The van der Waals surface area contributed by atoms with E-state index in [9.17, 15) is 5.11 Å². The van der Waals surface area contributed by atoms with Gasteiger partial charge in [0, 0.05) is 5.56 Å². The molecule has 1 N–H and O–H groups in total.